The van der Waals surface area contributed by atoms with E-state index in [0.717, 1.165) is 4.70 Å². The molecular formula is C15H9Cl2N3O2S2. The van der Waals surface area contributed by atoms with Gasteiger partial charge in [-0.2, -0.15) is 0 Å². The fourth-order valence-electron chi connectivity index (χ4n) is 1.94. The maximum Gasteiger partial charge on any atom is 0.258 e. The quantitative estimate of drug-likeness (QED) is 0.557. The van der Waals surface area contributed by atoms with Crippen molar-refractivity contribution < 1.29 is 9.90 Å². The number of nitrogens with one attached hydrogen (secondary N) is 2. The zero-order valence-corrected chi connectivity index (χ0v) is 15.0. The van der Waals surface area contributed by atoms with Gasteiger partial charge in [-0.3, -0.25) is 10.1 Å². The van der Waals surface area contributed by atoms with Crippen molar-refractivity contribution in [3.8, 4) is 5.75 Å². The first-order valence-electron chi connectivity index (χ1n) is 6.59. The number of phenols is 1. The van der Waals surface area contributed by atoms with Crippen LogP contribution in [0.2, 0.25) is 10.0 Å². The second-order valence-electron chi connectivity index (χ2n) is 4.70. The Morgan fingerprint density at radius 3 is 2.79 bits per heavy atom. The van der Waals surface area contributed by atoms with Crippen LogP contribution < -0.4 is 10.6 Å². The number of thiazole rings is 1. The maximum atomic E-state index is 12.2. The Kier molecular flexibility index (Phi) is 4.86. The van der Waals surface area contributed by atoms with E-state index in [2.05, 4.69) is 15.6 Å². The molecule has 3 N–H and O–H groups in total. The van der Waals surface area contributed by atoms with Crippen LogP contribution in [0, 0.1) is 0 Å². The summed E-state index contributed by atoms with van der Waals surface area (Å²) in [5.74, 6) is -0.317. The number of amides is 1. The molecule has 0 saturated carbocycles. The molecule has 2 aromatic carbocycles. The molecule has 0 unspecified atom stereocenters. The Balaban J connectivity index is 1.72. The van der Waals surface area contributed by atoms with E-state index in [1.807, 2.05) is 0 Å². The van der Waals surface area contributed by atoms with Crippen molar-refractivity contribution in [1.29, 1.82) is 0 Å². The number of anilines is 1. The average Bonchev–Trinajstić information content (AvgIpc) is 2.90. The van der Waals surface area contributed by atoms with E-state index in [9.17, 15) is 9.90 Å². The third-order valence-electron chi connectivity index (χ3n) is 2.99. The van der Waals surface area contributed by atoms with Gasteiger partial charge in [0.25, 0.3) is 5.91 Å². The summed E-state index contributed by atoms with van der Waals surface area (Å²) in [6.45, 7) is 0. The van der Waals surface area contributed by atoms with Gasteiger partial charge in [0, 0.05) is 5.02 Å². The summed E-state index contributed by atoms with van der Waals surface area (Å²) in [5.41, 5.74) is 0.940. The number of carbonyl (C=O) groups excluding carboxylic acids is 1. The van der Waals surface area contributed by atoms with Gasteiger partial charge in [0.05, 0.1) is 20.8 Å². The number of rotatable bonds is 2. The van der Waals surface area contributed by atoms with Crippen molar-refractivity contribution in [2.45, 2.75) is 0 Å². The van der Waals surface area contributed by atoms with Gasteiger partial charge in [0.1, 0.15) is 5.75 Å². The molecule has 0 saturated heterocycles. The fraction of sp³-hybridized carbons (Fsp3) is 0. The molecule has 9 heteroatoms. The predicted octanol–water partition coefficient (Wildman–Crippen LogP) is 4.44. The van der Waals surface area contributed by atoms with Crippen molar-refractivity contribution in [2.75, 3.05) is 5.32 Å². The molecule has 24 heavy (non-hydrogen) atoms. The Hall–Kier alpha value is -1.93. The highest BCUT2D eigenvalue weighted by Gasteiger charge is 2.13. The summed E-state index contributed by atoms with van der Waals surface area (Å²) in [4.78, 5) is 16.5. The van der Waals surface area contributed by atoms with E-state index in [-0.39, 0.29) is 21.4 Å². The summed E-state index contributed by atoms with van der Waals surface area (Å²) >= 11 is 18.3. The summed E-state index contributed by atoms with van der Waals surface area (Å²) < 4.78 is 0.796. The van der Waals surface area contributed by atoms with Gasteiger partial charge < -0.3 is 10.4 Å². The molecule has 1 aromatic heterocycles. The first kappa shape index (κ1) is 16.9. The number of phenolic OH excluding ortho intramolecular Hbond substituents is 1. The minimum Gasteiger partial charge on any atom is -0.508 e. The van der Waals surface area contributed by atoms with Crippen molar-refractivity contribution in [1.82, 2.24) is 10.3 Å². The van der Waals surface area contributed by atoms with E-state index in [1.165, 1.54) is 23.5 Å². The molecule has 0 spiro atoms. The first-order chi connectivity index (χ1) is 11.4. The average molecular weight is 398 g/mol. The standard InChI is InChI=1S/C15H9Cl2N3O2S2/c16-7-1-3-10(17)9(5-7)13(22)19-14(23)20-15-18-11-4-2-8(21)6-12(11)24-15/h1-6,21H,(H2,18,19,20,22,23). The Bertz CT molecular complexity index is 959. The summed E-state index contributed by atoms with van der Waals surface area (Å²) in [7, 11) is 0. The van der Waals surface area contributed by atoms with Crippen LogP contribution in [-0.4, -0.2) is 21.1 Å². The molecule has 122 valence electrons. The van der Waals surface area contributed by atoms with Crippen LogP contribution in [0.15, 0.2) is 36.4 Å². The molecule has 0 fully saturated rings. The Morgan fingerprint density at radius 1 is 1.21 bits per heavy atom. The van der Waals surface area contributed by atoms with Crippen molar-refractivity contribution >= 4 is 73.1 Å². The van der Waals surface area contributed by atoms with Gasteiger partial charge in [-0.1, -0.05) is 34.5 Å². The van der Waals surface area contributed by atoms with Crippen molar-refractivity contribution in [3.63, 3.8) is 0 Å². The smallest absolute Gasteiger partial charge is 0.258 e. The predicted molar refractivity (Wildman–Crippen MR) is 101 cm³/mol. The van der Waals surface area contributed by atoms with Crippen molar-refractivity contribution in [3.05, 3.63) is 52.0 Å². The minimum absolute atomic E-state index is 0.0827. The van der Waals surface area contributed by atoms with Crippen LogP contribution in [0.5, 0.6) is 5.75 Å². The highest BCUT2D eigenvalue weighted by Crippen LogP contribution is 2.28. The van der Waals surface area contributed by atoms with Crippen LogP contribution in [-0.2, 0) is 0 Å². The number of hydrogen-bond donors (Lipinski definition) is 3. The van der Waals surface area contributed by atoms with Gasteiger partial charge >= 0.3 is 0 Å². The lowest BCUT2D eigenvalue weighted by Gasteiger charge is -2.08. The lowest BCUT2D eigenvalue weighted by molar-refractivity contribution is 0.0978. The number of thiocarbonyl (C=S) groups is 1. The van der Waals surface area contributed by atoms with Crippen molar-refractivity contribution in [2.24, 2.45) is 0 Å². The molecule has 0 radical (unpaired) electrons. The summed E-state index contributed by atoms with van der Waals surface area (Å²) in [6, 6.07) is 9.43. The number of hydrogen-bond acceptors (Lipinski definition) is 5. The highest BCUT2D eigenvalue weighted by atomic mass is 35.5. The van der Waals surface area contributed by atoms with Crippen LogP contribution in [0.25, 0.3) is 10.2 Å². The molecule has 0 atom stereocenters. The number of fused-ring (bicyclic) bond motifs is 1. The van der Waals surface area contributed by atoms with Gasteiger partial charge in [0.15, 0.2) is 10.2 Å². The fourth-order valence-corrected chi connectivity index (χ4v) is 3.47. The van der Waals surface area contributed by atoms with Gasteiger partial charge in [-0.25, -0.2) is 4.98 Å². The number of benzene rings is 2. The Morgan fingerprint density at radius 2 is 2.00 bits per heavy atom. The normalized spacial score (nSPS) is 10.6. The zero-order valence-electron chi connectivity index (χ0n) is 11.8. The number of nitrogens with zero attached hydrogens (tertiary/aromatic N) is 1. The molecule has 0 bridgehead atoms. The maximum absolute atomic E-state index is 12.2. The molecule has 0 aliphatic carbocycles. The number of aromatic hydroxyl groups is 1. The first-order valence-corrected chi connectivity index (χ1v) is 8.57. The van der Waals surface area contributed by atoms with Gasteiger partial charge in [-0.05, 0) is 48.6 Å². The molecule has 5 nitrogen and oxygen atoms in total. The molecule has 0 aliphatic heterocycles. The molecule has 3 aromatic rings. The number of aromatic nitrogens is 1. The second kappa shape index (κ2) is 6.90. The number of halogens is 2. The SMILES string of the molecule is O=C(NC(=S)Nc1nc2ccc(O)cc2s1)c1cc(Cl)ccc1Cl. The summed E-state index contributed by atoms with van der Waals surface area (Å²) in [5, 5.41) is 16.1. The molecule has 1 heterocycles. The van der Waals surface area contributed by atoms with Crippen LogP contribution in [0.1, 0.15) is 10.4 Å². The summed E-state index contributed by atoms with van der Waals surface area (Å²) in [6.07, 6.45) is 0. The molecule has 0 aliphatic rings. The largest absolute Gasteiger partial charge is 0.508 e. The lowest BCUT2D eigenvalue weighted by atomic mass is 10.2. The van der Waals surface area contributed by atoms with Gasteiger partial charge in [0.2, 0.25) is 0 Å². The van der Waals surface area contributed by atoms with E-state index in [1.54, 1.807) is 24.3 Å². The number of carbonyl (C=O) groups is 1. The molecule has 1 amide bonds. The highest BCUT2D eigenvalue weighted by molar-refractivity contribution is 7.80. The van der Waals surface area contributed by atoms with E-state index in [0.29, 0.717) is 15.7 Å². The Labute approximate surface area is 156 Å². The van der Waals surface area contributed by atoms with E-state index < -0.39 is 5.91 Å². The molecule has 3 rings (SSSR count). The van der Waals surface area contributed by atoms with Crippen LogP contribution >= 0.6 is 46.8 Å². The second-order valence-corrected chi connectivity index (χ2v) is 6.99. The van der Waals surface area contributed by atoms with E-state index >= 15 is 0 Å². The lowest BCUT2D eigenvalue weighted by Crippen LogP contribution is -2.34. The topological polar surface area (TPSA) is 74.2 Å². The third-order valence-corrected chi connectivity index (χ3v) is 4.69. The minimum atomic E-state index is -0.473. The van der Waals surface area contributed by atoms with E-state index in [4.69, 9.17) is 35.4 Å². The monoisotopic (exact) mass is 397 g/mol. The van der Waals surface area contributed by atoms with Crippen LogP contribution in [0.4, 0.5) is 5.13 Å². The third kappa shape index (κ3) is 3.76. The van der Waals surface area contributed by atoms with Crippen LogP contribution in [0.3, 0.4) is 0 Å². The van der Waals surface area contributed by atoms with Gasteiger partial charge in [-0.15, -0.1) is 0 Å². The zero-order chi connectivity index (χ0) is 17.3. The molecular weight excluding hydrogens is 389 g/mol.